The number of fused-ring (bicyclic) bond motifs is 1. The van der Waals surface area contributed by atoms with Gasteiger partial charge < -0.3 is 4.42 Å². The number of benzene rings is 1. The van der Waals surface area contributed by atoms with Gasteiger partial charge in [0, 0.05) is 15.4 Å². The van der Waals surface area contributed by atoms with Crippen LogP contribution >= 0.6 is 27.3 Å². The minimum Gasteiger partial charge on any atom is -0.452 e. The molecule has 0 saturated carbocycles. The van der Waals surface area contributed by atoms with Crippen LogP contribution in [0, 0.1) is 6.92 Å². The molecule has 2 aromatic heterocycles. The molecule has 0 atom stereocenters. The molecule has 0 bridgehead atoms. The molecule has 90 valence electrons. The second-order valence-corrected chi connectivity index (χ2v) is 5.87. The van der Waals surface area contributed by atoms with Crippen molar-refractivity contribution >= 4 is 44.0 Å². The smallest absolute Gasteiger partial charge is 0.238 e. The van der Waals surface area contributed by atoms with Crippen LogP contribution in [0.4, 0.5) is 0 Å². The number of carbonyl (C=O) groups is 1. The fraction of sp³-hybridized carbons (Fsp3) is 0.0714. The summed E-state index contributed by atoms with van der Waals surface area (Å²) in [6.45, 7) is 1.92. The van der Waals surface area contributed by atoms with Crippen LogP contribution in [0.2, 0.25) is 0 Å². The van der Waals surface area contributed by atoms with Crippen LogP contribution in [0.3, 0.4) is 0 Å². The van der Waals surface area contributed by atoms with Gasteiger partial charge in [0.15, 0.2) is 5.76 Å². The third-order valence-electron chi connectivity index (χ3n) is 2.85. The van der Waals surface area contributed by atoms with Gasteiger partial charge in [-0.05, 0) is 36.6 Å². The van der Waals surface area contributed by atoms with Crippen LogP contribution in [0.1, 0.15) is 21.0 Å². The highest BCUT2D eigenvalue weighted by Gasteiger charge is 2.19. The number of rotatable bonds is 2. The summed E-state index contributed by atoms with van der Waals surface area (Å²) in [5.41, 5.74) is 1.64. The van der Waals surface area contributed by atoms with E-state index in [-0.39, 0.29) is 5.78 Å². The summed E-state index contributed by atoms with van der Waals surface area (Å²) in [4.78, 5) is 13.0. The number of ketones is 1. The topological polar surface area (TPSA) is 30.2 Å². The maximum Gasteiger partial charge on any atom is 0.238 e. The van der Waals surface area contributed by atoms with E-state index < -0.39 is 0 Å². The van der Waals surface area contributed by atoms with E-state index in [0.29, 0.717) is 10.6 Å². The Hall–Kier alpha value is -1.39. The molecule has 0 spiro atoms. The molecule has 0 aliphatic carbocycles. The molecule has 18 heavy (non-hydrogen) atoms. The average molecular weight is 321 g/mol. The van der Waals surface area contributed by atoms with E-state index >= 15 is 0 Å². The predicted octanol–water partition coefficient (Wildman–Crippen LogP) is 4.80. The second-order valence-electron chi connectivity index (χ2n) is 4.00. The summed E-state index contributed by atoms with van der Waals surface area (Å²) in [6, 6.07) is 9.48. The van der Waals surface area contributed by atoms with Crippen LogP contribution in [0.5, 0.6) is 0 Å². The summed E-state index contributed by atoms with van der Waals surface area (Å²) < 4.78 is 6.64. The lowest BCUT2D eigenvalue weighted by atomic mass is 10.1. The highest BCUT2D eigenvalue weighted by atomic mass is 79.9. The summed E-state index contributed by atoms with van der Waals surface area (Å²) in [7, 11) is 0. The zero-order valence-electron chi connectivity index (χ0n) is 9.57. The minimum atomic E-state index is -0.0465. The molecule has 0 aliphatic heterocycles. The van der Waals surface area contributed by atoms with E-state index in [0.717, 1.165) is 21.0 Å². The highest BCUT2D eigenvalue weighted by Crippen LogP contribution is 2.29. The average Bonchev–Trinajstić information content (AvgIpc) is 2.97. The summed E-state index contributed by atoms with van der Waals surface area (Å²) in [6.07, 6.45) is 0. The predicted molar refractivity (Wildman–Crippen MR) is 76.4 cm³/mol. The third-order valence-corrected chi connectivity index (χ3v) is 4.21. The highest BCUT2D eigenvalue weighted by molar-refractivity contribution is 9.10. The Morgan fingerprint density at radius 2 is 2.17 bits per heavy atom. The third kappa shape index (κ3) is 1.82. The van der Waals surface area contributed by atoms with Gasteiger partial charge in [-0.25, -0.2) is 0 Å². The Labute approximate surface area is 116 Å². The molecule has 2 heterocycles. The van der Waals surface area contributed by atoms with E-state index in [1.807, 2.05) is 42.6 Å². The monoisotopic (exact) mass is 320 g/mol. The molecule has 0 N–H and O–H groups in total. The second kappa shape index (κ2) is 4.37. The molecule has 1 aromatic carbocycles. The Bertz CT molecular complexity index is 726. The minimum absolute atomic E-state index is 0.0465. The van der Waals surface area contributed by atoms with Crippen LogP contribution in [-0.4, -0.2) is 5.78 Å². The van der Waals surface area contributed by atoms with Crippen LogP contribution in [0.15, 0.2) is 44.6 Å². The van der Waals surface area contributed by atoms with E-state index in [1.54, 1.807) is 0 Å². The standard InChI is InChI=1S/C14H9BrO2S/c1-8-10-5-4-9(15)7-11(10)17-14(8)13(16)12-3-2-6-18-12/h2-7H,1H3. The lowest BCUT2D eigenvalue weighted by molar-refractivity contribution is 0.101. The molecule has 0 amide bonds. The Morgan fingerprint density at radius 1 is 1.33 bits per heavy atom. The number of hydrogen-bond acceptors (Lipinski definition) is 3. The molecular weight excluding hydrogens is 312 g/mol. The van der Waals surface area contributed by atoms with Crippen LogP contribution in [-0.2, 0) is 0 Å². The maximum absolute atomic E-state index is 12.3. The summed E-state index contributed by atoms with van der Waals surface area (Å²) in [5.74, 6) is 0.389. The lowest BCUT2D eigenvalue weighted by Crippen LogP contribution is -1.98. The van der Waals surface area contributed by atoms with Gasteiger partial charge in [0.05, 0.1) is 4.88 Å². The molecule has 3 rings (SSSR count). The fourth-order valence-corrected chi connectivity index (χ4v) is 2.94. The van der Waals surface area contributed by atoms with E-state index in [4.69, 9.17) is 4.42 Å². The van der Waals surface area contributed by atoms with E-state index in [2.05, 4.69) is 15.9 Å². The zero-order valence-corrected chi connectivity index (χ0v) is 12.0. The molecular formula is C14H9BrO2S. The molecule has 3 aromatic rings. The SMILES string of the molecule is Cc1c(C(=O)c2cccs2)oc2cc(Br)ccc12. The van der Waals surface area contributed by atoms with Gasteiger partial charge in [-0.2, -0.15) is 0 Å². The van der Waals surface area contributed by atoms with Gasteiger partial charge in [0.25, 0.3) is 0 Å². The molecule has 0 unspecified atom stereocenters. The van der Waals surface area contributed by atoms with Crippen molar-refractivity contribution in [3.8, 4) is 0 Å². The van der Waals surface area contributed by atoms with Crippen molar-refractivity contribution in [3.63, 3.8) is 0 Å². The maximum atomic E-state index is 12.3. The first-order valence-corrected chi connectivity index (χ1v) is 7.11. The van der Waals surface area contributed by atoms with Crippen LogP contribution in [0.25, 0.3) is 11.0 Å². The van der Waals surface area contributed by atoms with Gasteiger partial charge in [-0.1, -0.05) is 22.0 Å². The van der Waals surface area contributed by atoms with Crippen molar-refractivity contribution in [2.75, 3.05) is 0 Å². The number of aryl methyl sites for hydroxylation is 1. The zero-order chi connectivity index (χ0) is 12.7. The Balaban J connectivity index is 2.18. The van der Waals surface area contributed by atoms with Gasteiger partial charge in [0.2, 0.25) is 5.78 Å². The number of thiophene rings is 1. The molecule has 4 heteroatoms. The van der Waals surface area contributed by atoms with Crippen molar-refractivity contribution in [1.82, 2.24) is 0 Å². The van der Waals surface area contributed by atoms with Crippen molar-refractivity contribution in [2.24, 2.45) is 0 Å². The largest absolute Gasteiger partial charge is 0.452 e. The van der Waals surface area contributed by atoms with Gasteiger partial charge in [-0.15, -0.1) is 11.3 Å². The molecule has 2 nitrogen and oxygen atoms in total. The first kappa shape index (κ1) is 11.7. The van der Waals surface area contributed by atoms with Crippen molar-refractivity contribution in [2.45, 2.75) is 6.92 Å². The van der Waals surface area contributed by atoms with Crippen molar-refractivity contribution < 1.29 is 9.21 Å². The fourth-order valence-electron chi connectivity index (χ4n) is 1.94. The van der Waals surface area contributed by atoms with E-state index in [9.17, 15) is 4.79 Å². The first-order valence-electron chi connectivity index (χ1n) is 5.43. The van der Waals surface area contributed by atoms with Crippen molar-refractivity contribution in [3.05, 3.63) is 56.4 Å². The number of carbonyl (C=O) groups excluding carboxylic acids is 1. The Kier molecular flexibility index (Phi) is 2.84. The summed E-state index contributed by atoms with van der Waals surface area (Å²) in [5, 5.41) is 2.88. The van der Waals surface area contributed by atoms with Crippen LogP contribution < -0.4 is 0 Å². The normalized spacial score (nSPS) is 11.0. The first-order chi connectivity index (χ1) is 8.66. The van der Waals surface area contributed by atoms with Gasteiger partial charge in [0.1, 0.15) is 5.58 Å². The molecule has 0 fully saturated rings. The molecule has 0 aliphatic rings. The number of halogens is 1. The quantitative estimate of drug-likeness (QED) is 0.635. The number of hydrogen-bond donors (Lipinski definition) is 0. The van der Waals surface area contributed by atoms with Crippen molar-refractivity contribution in [1.29, 1.82) is 0 Å². The van der Waals surface area contributed by atoms with Gasteiger partial charge >= 0.3 is 0 Å². The Morgan fingerprint density at radius 3 is 2.89 bits per heavy atom. The van der Waals surface area contributed by atoms with E-state index in [1.165, 1.54) is 11.3 Å². The summed E-state index contributed by atoms with van der Waals surface area (Å²) >= 11 is 4.83. The number of furan rings is 1. The molecule has 0 radical (unpaired) electrons. The van der Waals surface area contributed by atoms with Gasteiger partial charge in [-0.3, -0.25) is 4.79 Å². The lowest BCUT2D eigenvalue weighted by Gasteiger charge is -1.94. The molecule has 0 saturated heterocycles.